The van der Waals surface area contributed by atoms with Crippen LogP contribution in [0.3, 0.4) is 0 Å². The van der Waals surface area contributed by atoms with Gasteiger partial charge in [0, 0.05) is 6.07 Å². The van der Waals surface area contributed by atoms with Crippen LogP contribution in [0.2, 0.25) is 0 Å². The minimum Gasteiger partial charge on any atom is -0.495 e. The van der Waals surface area contributed by atoms with Crippen molar-refractivity contribution in [3.63, 3.8) is 0 Å². The largest absolute Gasteiger partial charge is 0.495 e. The van der Waals surface area contributed by atoms with Crippen LogP contribution in [-0.2, 0) is 0 Å². The maximum Gasteiger partial charge on any atom is 0.231 e. The number of H-pyrrole nitrogens is 1. The molecule has 6 nitrogen and oxygen atoms in total. The molecule has 0 radical (unpaired) electrons. The van der Waals surface area contributed by atoms with Gasteiger partial charge in [0.15, 0.2) is 11.5 Å². The van der Waals surface area contributed by atoms with Gasteiger partial charge < -0.3 is 19.9 Å². The molecule has 0 saturated carbocycles. The number of ether oxygens (including phenoxy) is 3. The number of aromatic amines is 1. The van der Waals surface area contributed by atoms with Gasteiger partial charge >= 0.3 is 0 Å². The summed E-state index contributed by atoms with van der Waals surface area (Å²) in [6, 6.07) is 1.81. The lowest BCUT2D eigenvalue weighted by Crippen LogP contribution is -1.96. The van der Waals surface area contributed by atoms with Gasteiger partial charge in [0.25, 0.3) is 0 Å². The van der Waals surface area contributed by atoms with Crippen molar-refractivity contribution in [2.75, 3.05) is 19.6 Å². The van der Waals surface area contributed by atoms with Gasteiger partial charge in [-0.2, -0.15) is 5.10 Å². The molecule has 1 aliphatic rings. The number of aromatic nitrogens is 2. The molecule has 2 heterocycles. The molecule has 0 spiro atoms. The summed E-state index contributed by atoms with van der Waals surface area (Å²) in [5.74, 6) is 2.35. The molecule has 0 saturated heterocycles. The second kappa shape index (κ2) is 4.09. The number of halogens is 1. The molecule has 1 aromatic carbocycles. The lowest BCUT2D eigenvalue weighted by atomic mass is 10.1. The van der Waals surface area contributed by atoms with Crippen LogP contribution in [0.5, 0.6) is 17.2 Å². The summed E-state index contributed by atoms with van der Waals surface area (Å²) in [5.41, 5.74) is 7.30. The van der Waals surface area contributed by atoms with E-state index in [4.69, 9.17) is 19.9 Å². The van der Waals surface area contributed by atoms with Crippen molar-refractivity contribution in [1.82, 2.24) is 10.2 Å². The molecular formula is C11H10BrN3O3. The van der Waals surface area contributed by atoms with E-state index < -0.39 is 0 Å². The Morgan fingerprint density at radius 2 is 2.33 bits per heavy atom. The number of hydrogen-bond donors (Lipinski definition) is 2. The van der Waals surface area contributed by atoms with E-state index >= 15 is 0 Å². The summed E-state index contributed by atoms with van der Waals surface area (Å²) in [7, 11) is 1.59. The highest BCUT2D eigenvalue weighted by Gasteiger charge is 2.27. The predicted molar refractivity (Wildman–Crippen MR) is 68.8 cm³/mol. The molecule has 1 aliphatic heterocycles. The summed E-state index contributed by atoms with van der Waals surface area (Å²) in [5, 5.41) is 6.60. The predicted octanol–water partition coefficient (Wildman–Crippen LogP) is 2.16. The van der Waals surface area contributed by atoms with Gasteiger partial charge in [-0.3, -0.25) is 5.10 Å². The number of nitrogen functional groups attached to an aromatic ring is 1. The summed E-state index contributed by atoms with van der Waals surface area (Å²) < 4.78 is 17.0. The van der Waals surface area contributed by atoms with Gasteiger partial charge in [0.1, 0.15) is 11.6 Å². The zero-order valence-electron chi connectivity index (χ0n) is 9.49. The Hall–Kier alpha value is -1.89. The molecule has 0 fully saturated rings. The monoisotopic (exact) mass is 311 g/mol. The first-order valence-corrected chi connectivity index (χ1v) is 5.97. The van der Waals surface area contributed by atoms with Crippen LogP contribution in [0.1, 0.15) is 0 Å². The number of nitrogens with two attached hydrogens (primary N) is 1. The Morgan fingerprint density at radius 1 is 1.50 bits per heavy atom. The molecule has 2 aromatic rings. The molecule has 0 atom stereocenters. The Balaban J connectivity index is 2.33. The van der Waals surface area contributed by atoms with Crippen LogP contribution in [0.15, 0.2) is 16.7 Å². The zero-order chi connectivity index (χ0) is 12.7. The summed E-state index contributed by atoms with van der Waals surface area (Å²) in [4.78, 5) is 0. The third kappa shape index (κ3) is 1.51. The summed E-state index contributed by atoms with van der Waals surface area (Å²) in [6.07, 6.45) is 1.63. The van der Waals surface area contributed by atoms with Crippen molar-refractivity contribution >= 4 is 21.7 Å². The normalized spacial score (nSPS) is 12.8. The first-order valence-electron chi connectivity index (χ1n) is 5.17. The minimum atomic E-state index is 0.180. The topological polar surface area (TPSA) is 82.4 Å². The fourth-order valence-electron chi connectivity index (χ4n) is 1.93. The lowest BCUT2D eigenvalue weighted by Gasteiger charge is -2.12. The Labute approximate surface area is 111 Å². The van der Waals surface area contributed by atoms with E-state index in [0.717, 1.165) is 15.6 Å². The standard InChI is InChI=1S/C11H10BrN3O3/c1-16-9-6(12)2-7-10(18-4-17-7)8(9)5-3-14-15-11(5)13/h2-3H,4H2,1H3,(H3,13,14,15). The van der Waals surface area contributed by atoms with E-state index in [9.17, 15) is 0 Å². The van der Waals surface area contributed by atoms with Crippen molar-refractivity contribution in [1.29, 1.82) is 0 Å². The third-order valence-corrected chi connectivity index (χ3v) is 3.30. The first-order chi connectivity index (χ1) is 8.72. The van der Waals surface area contributed by atoms with Crippen molar-refractivity contribution in [2.24, 2.45) is 0 Å². The smallest absolute Gasteiger partial charge is 0.231 e. The Morgan fingerprint density at radius 3 is 3.00 bits per heavy atom. The van der Waals surface area contributed by atoms with Crippen LogP contribution in [0, 0.1) is 0 Å². The van der Waals surface area contributed by atoms with E-state index in [-0.39, 0.29) is 6.79 Å². The van der Waals surface area contributed by atoms with E-state index in [1.807, 2.05) is 0 Å². The number of hydrogen-bond acceptors (Lipinski definition) is 5. The van der Waals surface area contributed by atoms with Crippen molar-refractivity contribution in [2.45, 2.75) is 0 Å². The van der Waals surface area contributed by atoms with Crippen molar-refractivity contribution in [3.05, 3.63) is 16.7 Å². The maximum absolute atomic E-state index is 5.86. The Bertz CT molecular complexity index is 608. The molecule has 94 valence electrons. The van der Waals surface area contributed by atoms with Crippen LogP contribution in [0.25, 0.3) is 11.1 Å². The first kappa shape index (κ1) is 11.2. The molecular weight excluding hydrogens is 302 g/mol. The molecule has 3 rings (SSSR count). The maximum atomic E-state index is 5.86. The van der Waals surface area contributed by atoms with E-state index in [2.05, 4.69) is 26.1 Å². The van der Waals surface area contributed by atoms with Gasteiger partial charge in [-0.1, -0.05) is 0 Å². The molecule has 0 bridgehead atoms. The van der Waals surface area contributed by atoms with Gasteiger partial charge in [-0.15, -0.1) is 0 Å². The number of nitrogens with zero attached hydrogens (tertiary/aromatic N) is 1. The number of fused-ring (bicyclic) bond motifs is 1. The summed E-state index contributed by atoms with van der Waals surface area (Å²) >= 11 is 3.44. The second-order valence-electron chi connectivity index (χ2n) is 3.70. The van der Waals surface area contributed by atoms with Crippen molar-refractivity contribution < 1.29 is 14.2 Å². The quantitative estimate of drug-likeness (QED) is 0.888. The fourth-order valence-corrected chi connectivity index (χ4v) is 2.50. The Kier molecular flexibility index (Phi) is 2.55. The van der Waals surface area contributed by atoms with Crippen LogP contribution < -0.4 is 19.9 Å². The molecule has 18 heavy (non-hydrogen) atoms. The van der Waals surface area contributed by atoms with Gasteiger partial charge in [0.05, 0.1) is 28.9 Å². The number of rotatable bonds is 2. The number of nitrogens with one attached hydrogen (secondary N) is 1. The van der Waals surface area contributed by atoms with Crippen LogP contribution >= 0.6 is 15.9 Å². The van der Waals surface area contributed by atoms with E-state index in [1.165, 1.54) is 0 Å². The molecule has 7 heteroatoms. The van der Waals surface area contributed by atoms with E-state index in [0.29, 0.717) is 23.1 Å². The number of benzene rings is 1. The number of anilines is 1. The SMILES string of the molecule is COc1c(Br)cc2c(c1-c1cn[nH]c1N)OCO2. The zero-order valence-corrected chi connectivity index (χ0v) is 11.1. The molecule has 0 unspecified atom stereocenters. The highest BCUT2D eigenvalue weighted by molar-refractivity contribution is 9.10. The number of methoxy groups -OCH3 is 1. The van der Waals surface area contributed by atoms with Gasteiger partial charge in [-0.25, -0.2) is 0 Å². The van der Waals surface area contributed by atoms with E-state index in [1.54, 1.807) is 19.4 Å². The average Bonchev–Trinajstić information content (AvgIpc) is 2.96. The molecule has 1 aromatic heterocycles. The van der Waals surface area contributed by atoms with Gasteiger partial charge in [-0.05, 0) is 15.9 Å². The summed E-state index contributed by atoms with van der Waals surface area (Å²) in [6.45, 7) is 0.180. The minimum absolute atomic E-state index is 0.180. The highest BCUT2D eigenvalue weighted by atomic mass is 79.9. The lowest BCUT2D eigenvalue weighted by molar-refractivity contribution is 0.174. The second-order valence-corrected chi connectivity index (χ2v) is 4.55. The van der Waals surface area contributed by atoms with Crippen LogP contribution in [0.4, 0.5) is 5.82 Å². The fraction of sp³-hybridized carbons (Fsp3) is 0.182. The third-order valence-electron chi connectivity index (χ3n) is 2.71. The highest BCUT2D eigenvalue weighted by Crippen LogP contribution is 2.51. The molecule has 0 amide bonds. The molecule has 3 N–H and O–H groups in total. The van der Waals surface area contributed by atoms with Crippen LogP contribution in [-0.4, -0.2) is 24.1 Å². The average molecular weight is 312 g/mol. The van der Waals surface area contributed by atoms with Crippen molar-refractivity contribution in [3.8, 4) is 28.4 Å². The molecule has 0 aliphatic carbocycles. The van der Waals surface area contributed by atoms with Gasteiger partial charge in [0.2, 0.25) is 6.79 Å².